The van der Waals surface area contributed by atoms with Crippen LogP contribution in [0.5, 0.6) is 0 Å². The van der Waals surface area contributed by atoms with Crippen molar-refractivity contribution in [1.29, 1.82) is 0 Å². The number of imidazole rings is 1. The van der Waals surface area contributed by atoms with E-state index in [1.54, 1.807) is 36.8 Å². The molecule has 5 heterocycles. The first kappa shape index (κ1) is 26.0. The van der Waals surface area contributed by atoms with Gasteiger partial charge in [0, 0.05) is 41.8 Å². The number of nitrogens with zero attached hydrogens (tertiary/aromatic N) is 7. The number of carboxylic acids is 1. The highest BCUT2D eigenvalue weighted by atomic mass is 19.1. The van der Waals surface area contributed by atoms with Gasteiger partial charge in [-0.05, 0) is 80.8 Å². The quantitative estimate of drug-likeness (QED) is 0.235. The maximum absolute atomic E-state index is 15.0. The third-order valence-corrected chi connectivity index (χ3v) is 9.84. The second-order valence-corrected chi connectivity index (χ2v) is 12.7. The Bertz CT molecular complexity index is 1850. The number of carbonyl (C=O) groups is 1. The van der Waals surface area contributed by atoms with Crippen LogP contribution in [0.25, 0.3) is 28.0 Å². The van der Waals surface area contributed by atoms with E-state index in [1.807, 2.05) is 6.92 Å². The molecule has 11 heteroatoms. The number of rotatable bonds is 7. The predicted octanol–water partition coefficient (Wildman–Crippen LogP) is 6.18. The minimum Gasteiger partial charge on any atom is -0.478 e. The van der Waals surface area contributed by atoms with Gasteiger partial charge in [-0.2, -0.15) is 5.10 Å². The fourth-order valence-electron chi connectivity index (χ4n) is 8.45. The molecule has 4 aliphatic rings. The Balaban J connectivity index is 1.12. The highest BCUT2D eigenvalue weighted by Crippen LogP contribution is 2.60. The van der Waals surface area contributed by atoms with Crippen LogP contribution in [0.2, 0.25) is 0 Å². The van der Waals surface area contributed by atoms with Crippen LogP contribution in [0.4, 0.5) is 16.0 Å². The largest absolute Gasteiger partial charge is 0.478 e. The van der Waals surface area contributed by atoms with Gasteiger partial charge in [0.2, 0.25) is 0 Å². The van der Waals surface area contributed by atoms with Gasteiger partial charge >= 0.3 is 5.97 Å². The highest BCUT2D eigenvalue weighted by molar-refractivity contribution is 6.06. The normalized spacial score (nSPS) is 24.1. The van der Waals surface area contributed by atoms with Crippen molar-refractivity contribution in [3.8, 4) is 16.8 Å². The van der Waals surface area contributed by atoms with E-state index in [0.717, 1.165) is 35.6 Å². The third-order valence-electron chi connectivity index (χ3n) is 9.84. The number of aromatic carboxylic acids is 1. The molecule has 2 N–H and O–H groups in total. The molecule has 10 nitrogen and oxygen atoms in total. The molecule has 0 aliphatic heterocycles. The number of aromatic nitrogens is 7. The van der Waals surface area contributed by atoms with Crippen molar-refractivity contribution in [3.63, 3.8) is 0 Å². The molecule has 0 spiro atoms. The van der Waals surface area contributed by atoms with E-state index in [0.29, 0.717) is 28.1 Å². The summed E-state index contributed by atoms with van der Waals surface area (Å²) in [5, 5.41) is 18.0. The molecule has 5 aromatic heterocycles. The summed E-state index contributed by atoms with van der Waals surface area (Å²) in [5.74, 6) is 1.32. The van der Waals surface area contributed by atoms with Crippen molar-refractivity contribution >= 4 is 28.8 Å². The molecule has 43 heavy (non-hydrogen) atoms. The zero-order valence-electron chi connectivity index (χ0n) is 23.7. The van der Waals surface area contributed by atoms with Crippen LogP contribution in [-0.2, 0) is 6.54 Å². The van der Waals surface area contributed by atoms with E-state index < -0.39 is 11.8 Å². The molecule has 0 radical (unpaired) electrons. The van der Waals surface area contributed by atoms with Gasteiger partial charge in [0.25, 0.3) is 0 Å². The Morgan fingerprint density at radius 2 is 1.79 bits per heavy atom. The van der Waals surface area contributed by atoms with Crippen LogP contribution < -0.4 is 5.32 Å². The summed E-state index contributed by atoms with van der Waals surface area (Å²) >= 11 is 0. The molecular weight excluding hydrogens is 547 g/mol. The summed E-state index contributed by atoms with van der Waals surface area (Å²) < 4.78 is 18.6. The molecular formula is C32H31FN8O2. The summed E-state index contributed by atoms with van der Waals surface area (Å²) in [4.78, 5) is 30.0. The average Bonchev–Trinajstić information content (AvgIpc) is 3.56. The molecule has 0 saturated heterocycles. The van der Waals surface area contributed by atoms with Crippen molar-refractivity contribution in [1.82, 2.24) is 34.3 Å². The van der Waals surface area contributed by atoms with Gasteiger partial charge in [0.1, 0.15) is 17.7 Å². The number of anilines is 2. The maximum Gasteiger partial charge on any atom is 0.338 e. The van der Waals surface area contributed by atoms with Crippen molar-refractivity contribution in [2.75, 3.05) is 5.32 Å². The Hall–Kier alpha value is -4.67. The van der Waals surface area contributed by atoms with E-state index in [4.69, 9.17) is 5.10 Å². The Morgan fingerprint density at radius 3 is 2.47 bits per heavy atom. The highest BCUT2D eigenvalue weighted by Gasteiger charge is 2.51. The van der Waals surface area contributed by atoms with Crippen LogP contribution in [-0.4, -0.2) is 45.4 Å². The van der Waals surface area contributed by atoms with Crippen molar-refractivity contribution in [3.05, 3.63) is 72.5 Å². The van der Waals surface area contributed by atoms with Crippen LogP contribution in [0.15, 0.2) is 55.4 Å². The lowest BCUT2D eigenvalue weighted by Gasteiger charge is -2.56. The van der Waals surface area contributed by atoms with Crippen molar-refractivity contribution in [2.45, 2.75) is 52.0 Å². The van der Waals surface area contributed by atoms with Gasteiger partial charge in [-0.3, -0.25) is 9.25 Å². The lowest BCUT2D eigenvalue weighted by atomic mass is 9.49. The molecule has 4 bridgehead atoms. The second kappa shape index (κ2) is 9.68. The summed E-state index contributed by atoms with van der Waals surface area (Å²) in [6, 6.07) is 6.56. The SMILES string of the molecule is Cc1c(-c2cnc3c(ncn3-c3cnc(Nc4ccccn4)c(F)c3)c2C(=O)O)cnn1CC12CC3CC(CC(C3)C1)C2. The second-order valence-electron chi connectivity index (χ2n) is 12.7. The lowest BCUT2D eigenvalue weighted by Crippen LogP contribution is -2.48. The van der Waals surface area contributed by atoms with Gasteiger partial charge < -0.3 is 10.4 Å². The van der Waals surface area contributed by atoms with Gasteiger partial charge in [-0.15, -0.1) is 0 Å². The molecule has 0 atom stereocenters. The Labute approximate surface area is 247 Å². The van der Waals surface area contributed by atoms with Crippen LogP contribution in [0, 0.1) is 35.9 Å². The third kappa shape index (κ3) is 4.36. The Kier molecular flexibility index (Phi) is 5.85. The van der Waals surface area contributed by atoms with E-state index in [9.17, 15) is 9.90 Å². The minimum absolute atomic E-state index is 0.0226. The molecule has 0 amide bonds. The fourth-order valence-corrected chi connectivity index (χ4v) is 8.45. The van der Waals surface area contributed by atoms with E-state index in [2.05, 4.69) is 29.9 Å². The maximum atomic E-state index is 15.0. The van der Waals surface area contributed by atoms with Crippen molar-refractivity contribution < 1.29 is 14.3 Å². The monoisotopic (exact) mass is 578 g/mol. The molecule has 0 aromatic carbocycles. The van der Waals surface area contributed by atoms with Crippen LogP contribution in [0.1, 0.15) is 54.6 Å². The first-order valence-electron chi connectivity index (χ1n) is 14.8. The number of hydrogen-bond acceptors (Lipinski definition) is 7. The summed E-state index contributed by atoms with van der Waals surface area (Å²) in [7, 11) is 0. The number of fused-ring (bicyclic) bond motifs is 1. The zero-order valence-corrected chi connectivity index (χ0v) is 23.7. The van der Waals surface area contributed by atoms with Crippen LogP contribution >= 0.6 is 0 Å². The molecule has 9 rings (SSSR count). The molecule has 4 saturated carbocycles. The fraction of sp³-hybridized carbons (Fsp3) is 0.375. The van der Waals surface area contributed by atoms with Gasteiger partial charge in [0.05, 0.1) is 23.6 Å². The average molecular weight is 579 g/mol. The molecule has 218 valence electrons. The zero-order chi connectivity index (χ0) is 29.3. The van der Waals surface area contributed by atoms with Gasteiger partial charge in [-0.1, -0.05) is 6.07 Å². The van der Waals surface area contributed by atoms with E-state index >= 15 is 4.39 Å². The first-order chi connectivity index (χ1) is 20.9. The predicted molar refractivity (Wildman–Crippen MR) is 158 cm³/mol. The number of nitrogens with one attached hydrogen (secondary N) is 1. The van der Waals surface area contributed by atoms with Crippen LogP contribution in [0.3, 0.4) is 0 Å². The standard InChI is InChI=1S/C32H31FN8O2/c1-18-23(15-38-41(18)16-32-10-19-6-20(11-32)8-21(7-19)12-32)24-14-36-30-28(27(24)31(42)43)37-17-40(30)22-9-25(33)29(35-13-22)39-26-4-2-3-5-34-26/h2-5,9,13-15,17,19-21H,6-8,10-12,16H2,1H3,(H,42,43)(H,34,35,39). The van der Waals surface area contributed by atoms with Gasteiger partial charge in [-0.25, -0.2) is 29.1 Å². The summed E-state index contributed by atoms with van der Waals surface area (Å²) in [6.07, 6.45) is 15.8. The number of hydrogen-bond donors (Lipinski definition) is 2. The number of halogens is 1. The molecule has 0 unspecified atom stereocenters. The number of carboxylic acid groups (broad SMARTS) is 1. The topological polar surface area (TPSA) is 124 Å². The smallest absolute Gasteiger partial charge is 0.338 e. The van der Waals surface area contributed by atoms with Crippen molar-refractivity contribution in [2.24, 2.45) is 23.2 Å². The van der Waals surface area contributed by atoms with Gasteiger partial charge in [0.15, 0.2) is 17.3 Å². The van der Waals surface area contributed by atoms with E-state index in [1.165, 1.54) is 61.7 Å². The molecule has 4 aliphatic carbocycles. The Morgan fingerprint density at radius 1 is 1.02 bits per heavy atom. The van der Waals surface area contributed by atoms with E-state index in [-0.39, 0.29) is 16.9 Å². The number of pyridine rings is 3. The lowest BCUT2D eigenvalue weighted by molar-refractivity contribution is -0.0638. The molecule has 5 aromatic rings. The summed E-state index contributed by atoms with van der Waals surface area (Å²) in [5.41, 5.74) is 3.36. The summed E-state index contributed by atoms with van der Waals surface area (Å²) in [6.45, 7) is 2.88. The minimum atomic E-state index is -1.11. The molecule has 4 fully saturated rings. The first-order valence-corrected chi connectivity index (χ1v) is 14.8.